The van der Waals surface area contributed by atoms with Gasteiger partial charge in [0.05, 0.1) is 20.2 Å². The van der Waals surface area contributed by atoms with Crippen LogP contribution in [0.5, 0.6) is 5.75 Å². The largest absolute Gasteiger partial charge is 0.497 e. The fourth-order valence-electron chi connectivity index (χ4n) is 2.46. The van der Waals surface area contributed by atoms with Gasteiger partial charge in [0.1, 0.15) is 5.75 Å². The Morgan fingerprint density at radius 1 is 1.36 bits per heavy atom. The van der Waals surface area contributed by atoms with Crippen LogP contribution >= 0.6 is 12.2 Å². The number of hydrogen-bond donors (Lipinski definition) is 0. The van der Waals surface area contributed by atoms with E-state index >= 15 is 0 Å². The Morgan fingerprint density at radius 3 is 2.73 bits per heavy atom. The van der Waals surface area contributed by atoms with Gasteiger partial charge in [-0.05, 0) is 55.7 Å². The third-order valence-corrected chi connectivity index (χ3v) is 4.10. The van der Waals surface area contributed by atoms with E-state index in [0.29, 0.717) is 23.8 Å². The normalized spacial score (nSPS) is 14.5. The lowest BCUT2D eigenvalue weighted by molar-refractivity contribution is 0.239. The van der Waals surface area contributed by atoms with Crippen molar-refractivity contribution in [3.8, 4) is 5.75 Å². The first-order chi connectivity index (χ1) is 10.6. The Bertz CT molecular complexity index is 673. The molecule has 0 N–H and O–H groups in total. The lowest BCUT2D eigenvalue weighted by Gasteiger charge is -2.14. The van der Waals surface area contributed by atoms with Crippen molar-refractivity contribution in [1.82, 2.24) is 14.7 Å². The molecule has 6 heteroatoms. The van der Waals surface area contributed by atoms with Gasteiger partial charge in [0, 0.05) is 6.54 Å². The van der Waals surface area contributed by atoms with Crippen LogP contribution in [0.2, 0.25) is 0 Å². The van der Waals surface area contributed by atoms with Gasteiger partial charge < -0.3 is 9.15 Å². The molecule has 0 radical (unpaired) electrons. The van der Waals surface area contributed by atoms with Crippen LogP contribution in [-0.2, 0) is 13.1 Å². The first-order valence-corrected chi connectivity index (χ1v) is 7.93. The molecule has 22 heavy (non-hydrogen) atoms. The highest BCUT2D eigenvalue weighted by Gasteiger charge is 2.23. The van der Waals surface area contributed by atoms with Crippen molar-refractivity contribution in [2.75, 3.05) is 20.7 Å². The van der Waals surface area contributed by atoms with Crippen LogP contribution in [0.25, 0.3) is 0 Å². The van der Waals surface area contributed by atoms with Crippen LogP contribution in [0, 0.1) is 10.8 Å². The lowest BCUT2D eigenvalue weighted by Crippen LogP contribution is -2.25. The van der Waals surface area contributed by atoms with Crippen molar-refractivity contribution in [1.29, 1.82) is 0 Å². The second-order valence-electron chi connectivity index (χ2n) is 5.91. The Morgan fingerprint density at radius 2 is 2.09 bits per heavy atom. The van der Waals surface area contributed by atoms with E-state index in [9.17, 15) is 0 Å². The second kappa shape index (κ2) is 6.62. The molecule has 1 fully saturated rings. The fraction of sp³-hybridized carbons (Fsp3) is 0.500. The minimum atomic E-state index is 0.436. The maximum Gasteiger partial charge on any atom is 0.288 e. The zero-order valence-electron chi connectivity index (χ0n) is 13.0. The van der Waals surface area contributed by atoms with Gasteiger partial charge in [0.15, 0.2) is 0 Å². The van der Waals surface area contributed by atoms with E-state index in [2.05, 4.69) is 17.0 Å². The van der Waals surface area contributed by atoms with Crippen LogP contribution in [0.1, 0.15) is 24.3 Å². The Hall–Kier alpha value is -1.66. The maximum atomic E-state index is 5.61. The summed E-state index contributed by atoms with van der Waals surface area (Å²) in [4.78, 5) is 2.68. The van der Waals surface area contributed by atoms with E-state index in [0.717, 1.165) is 23.8 Å². The molecular formula is C16H21N3O2S. The molecule has 3 rings (SSSR count). The van der Waals surface area contributed by atoms with Crippen molar-refractivity contribution in [3.05, 3.63) is 40.6 Å². The average molecular weight is 319 g/mol. The molecule has 1 aliphatic rings. The predicted molar refractivity (Wildman–Crippen MR) is 86.5 cm³/mol. The number of methoxy groups -OCH3 is 1. The molecule has 0 saturated heterocycles. The first kappa shape index (κ1) is 15.2. The maximum absolute atomic E-state index is 5.61. The summed E-state index contributed by atoms with van der Waals surface area (Å²) in [7, 11) is 3.76. The number of hydrogen-bond acceptors (Lipinski definition) is 5. The smallest absolute Gasteiger partial charge is 0.288 e. The van der Waals surface area contributed by atoms with Gasteiger partial charge in [0.25, 0.3) is 4.84 Å². The number of ether oxygens (including phenoxy) is 1. The molecule has 0 spiro atoms. The highest BCUT2D eigenvalue weighted by Crippen LogP contribution is 2.29. The van der Waals surface area contributed by atoms with Gasteiger partial charge in [-0.2, -0.15) is 0 Å². The summed E-state index contributed by atoms with van der Waals surface area (Å²) in [6, 6.07) is 7.89. The molecule has 1 aliphatic carbocycles. The number of rotatable bonds is 7. The topological polar surface area (TPSA) is 43.4 Å². The molecule has 2 aromatic rings. The summed E-state index contributed by atoms with van der Waals surface area (Å²) < 4.78 is 12.5. The van der Waals surface area contributed by atoms with Gasteiger partial charge in [-0.3, -0.25) is 4.90 Å². The van der Waals surface area contributed by atoms with E-state index in [1.54, 1.807) is 11.8 Å². The molecule has 1 saturated carbocycles. The summed E-state index contributed by atoms with van der Waals surface area (Å²) >= 11 is 5.26. The minimum absolute atomic E-state index is 0.436. The van der Waals surface area contributed by atoms with E-state index in [1.807, 2.05) is 24.3 Å². The van der Waals surface area contributed by atoms with E-state index in [1.165, 1.54) is 12.8 Å². The summed E-state index contributed by atoms with van der Waals surface area (Å²) in [5, 5.41) is 4.49. The minimum Gasteiger partial charge on any atom is -0.497 e. The van der Waals surface area contributed by atoms with Crippen LogP contribution in [0.4, 0.5) is 0 Å². The first-order valence-electron chi connectivity index (χ1n) is 7.52. The van der Waals surface area contributed by atoms with Crippen molar-refractivity contribution in [2.45, 2.75) is 25.9 Å². The number of aromatic nitrogens is 2. The van der Waals surface area contributed by atoms with Gasteiger partial charge >= 0.3 is 0 Å². The predicted octanol–water partition coefficient (Wildman–Crippen LogP) is 3.10. The van der Waals surface area contributed by atoms with Gasteiger partial charge in [-0.1, -0.05) is 12.1 Å². The van der Waals surface area contributed by atoms with Crippen LogP contribution in [-0.4, -0.2) is 35.4 Å². The van der Waals surface area contributed by atoms with Gasteiger partial charge in [0.2, 0.25) is 5.89 Å². The van der Waals surface area contributed by atoms with Crippen molar-refractivity contribution < 1.29 is 9.15 Å². The van der Waals surface area contributed by atoms with Gasteiger partial charge in [-0.15, -0.1) is 5.10 Å². The zero-order valence-corrected chi connectivity index (χ0v) is 13.8. The van der Waals surface area contributed by atoms with Crippen LogP contribution in [0.3, 0.4) is 0 Å². The molecule has 0 bridgehead atoms. The van der Waals surface area contributed by atoms with Crippen LogP contribution in [0.15, 0.2) is 28.7 Å². The summed E-state index contributed by atoms with van der Waals surface area (Å²) in [5.74, 6) is 2.34. The average Bonchev–Trinajstić information content (AvgIpc) is 3.24. The molecule has 118 valence electrons. The molecule has 1 heterocycles. The quantitative estimate of drug-likeness (QED) is 0.734. The highest BCUT2D eigenvalue weighted by molar-refractivity contribution is 7.71. The van der Waals surface area contributed by atoms with E-state index < -0.39 is 0 Å². The van der Waals surface area contributed by atoms with Crippen molar-refractivity contribution in [2.24, 2.45) is 5.92 Å². The standard InChI is InChI=1S/C16H21N3O2S/c1-18(10-13-3-4-13)11-19-16(22)21-15(17-19)9-12-5-7-14(20-2)8-6-12/h5-8,13H,3-4,9-11H2,1-2H3. The Labute approximate surface area is 135 Å². The molecule has 1 aromatic carbocycles. The number of benzene rings is 1. The SMILES string of the molecule is COc1ccc(Cc2nn(CN(C)CC3CC3)c(=S)o2)cc1. The number of nitrogens with zero attached hydrogens (tertiary/aromatic N) is 3. The summed E-state index contributed by atoms with van der Waals surface area (Å²) in [6.07, 6.45) is 3.32. The Balaban J connectivity index is 1.64. The molecule has 0 unspecified atom stereocenters. The third-order valence-electron chi connectivity index (χ3n) is 3.80. The highest BCUT2D eigenvalue weighted by atomic mass is 32.1. The molecular weight excluding hydrogens is 298 g/mol. The van der Waals surface area contributed by atoms with Crippen molar-refractivity contribution >= 4 is 12.2 Å². The van der Waals surface area contributed by atoms with Gasteiger partial charge in [-0.25, -0.2) is 4.68 Å². The lowest BCUT2D eigenvalue weighted by atomic mass is 10.1. The summed E-state index contributed by atoms with van der Waals surface area (Å²) in [6.45, 7) is 1.78. The third kappa shape index (κ3) is 3.96. The van der Waals surface area contributed by atoms with Crippen LogP contribution < -0.4 is 4.74 Å². The van der Waals surface area contributed by atoms with E-state index in [4.69, 9.17) is 21.4 Å². The fourth-order valence-corrected chi connectivity index (χ4v) is 2.65. The molecule has 0 atom stereocenters. The monoisotopic (exact) mass is 319 g/mol. The van der Waals surface area contributed by atoms with Crippen molar-refractivity contribution in [3.63, 3.8) is 0 Å². The molecule has 5 nitrogen and oxygen atoms in total. The van der Waals surface area contributed by atoms with E-state index in [-0.39, 0.29) is 0 Å². The summed E-state index contributed by atoms with van der Waals surface area (Å²) in [5.41, 5.74) is 1.12. The second-order valence-corrected chi connectivity index (χ2v) is 6.26. The molecule has 0 aliphatic heterocycles. The molecule has 1 aromatic heterocycles. The zero-order chi connectivity index (χ0) is 15.5. The molecule has 0 amide bonds. The Kier molecular flexibility index (Phi) is 4.59.